The summed E-state index contributed by atoms with van der Waals surface area (Å²) in [7, 11) is 1.62. The number of amides is 1. The molecule has 110 valence electrons. The summed E-state index contributed by atoms with van der Waals surface area (Å²) in [6, 6.07) is 11.5. The molecule has 0 atom stereocenters. The average Bonchev–Trinajstić information content (AvgIpc) is 2.45. The molecule has 0 spiro atoms. The van der Waals surface area contributed by atoms with Gasteiger partial charge in [0.15, 0.2) is 0 Å². The summed E-state index contributed by atoms with van der Waals surface area (Å²) < 4.78 is 6.00. The van der Waals surface area contributed by atoms with Gasteiger partial charge in [0.1, 0.15) is 5.75 Å². The van der Waals surface area contributed by atoms with Crippen LogP contribution in [0.25, 0.3) is 0 Å². The van der Waals surface area contributed by atoms with Crippen molar-refractivity contribution in [2.24, 2.45) is 0 Å². The van der Waals surface area contributed by atoms with Crippen LogP contribution in [0.2, 0.25) is 0 Å². The zero-order chi connectivity index (χ0) is 15.4. The summed E-state index contributed by atoms with van der Waals surface area (Å²) >= 11 is 3.48. The number of rotatable bonds is 4. The maximum absolute atomic E-state index is 12.1. The van der Waals surface area contributed by atoms with Gasteiger partial charge in [-0.3, -0.25) is 4.79 Å². The number of carbonyl (C=O) groups is 1. The number of nitrogens with one attached hydrogen (secondary N) is 1. The molecule has 0 saturated heterocycles. The maximum atomic E-state index is 12.1. The van der Waals surface area contributed by atoms with E-state index >= 15 is 0 Å². The van der Waals surface area contributed by atoms with E-state index < -0.39 is 0 Å². The number of carbonyl (C=O) groups excluding carboxylic acids is 1. The van der Waals surface area contributed by atoms with Crippen LogP contribution < -0.4 is 10.1 Å². The molecular weight excluding hydrogens is 330 g/mol. The van der Waals surface area contributed by atoms with Gasteiger partial charge in [0.2, 0.25) is 5.91 Å². The average molecular weight is 348 g/mol. The number of halogens is 1. The van der Waals surface area contributed by atoms with Gasteiger partial charge >= 0.3 is 0 Å². The number of anilines is 1. The first-order valence-electron chi connectivity index (χ1n) is 6.69. The molecule has 3 nitrogen and oxygen atoms in total. The predicted octanol–water partition coefficient (Wildman–Crippen LogP) is 4.26. The van der Waals surface area contributed by atoms with Gasteiger partial charge in [-0.15, -0.1) is 0 Å². The molecule has 2 aromatic carbocycles. The summed E-state index contributed by atoms with van der Waals surface area (Å²) in [5.41, 5.74) is 4.10. The smallest absolute Gasteiger partial charge is 0.228 e. The fraction of sp³-hybridized carbons (Fsp3) is 0.235. The third kappa shape index (κ3) is 4.08. The molecule has 0 aliphatic rings. The number of hydrogen-bond donors (Lipinski definition) is 1. The topological polar surface area (TPSA) is 38.3 Å². The van der Waals surface area contributed by atoms with E-state index in [4.69, 9.17) is 4.74 Å². The third-order valence-electron chi connectivity index (χ3n) is 3.38. The second-order valence-corrected chi connectivity index (χ2v) is 5.84. The van der Waals surface area contributed by atoms with Gasteiger partial charge in [-0.05, 0) is 70.7 Å². The second-order valence-electron chi connectivity index (χ2n) is 4.99. The van der Waals surface area contributed by atoms with Gasteiger partial charge in [0.25, 0.3) is 0 Å². The minimum Gasteiger partial charge on any atom is -0.497 e. The van der Waals surface area contributed by atoms with Crippen LogP contribution in [0.5, 0.6) is 5.75 Å². The van der Waals surface area contributed by atoms with E-state index in [1.54, 1.807) is 7.11 Å². The van der Waals surface area contributed by atoms with Crippen molar-refractivity contribution in [3.8, 4) is 5.75 Å². The summed E-state index contributed by atoms with van der Waals surface area (Å²) in [6.45, 7) is 4.07. The molecule has 1 N–H and O–H groups in total. The highest BCUT2D eigenvalue weighted by Crippen LogP contribution is 2.26. The van der Waals surface area contributed by atoms with Crippen molar-refractivity contribution in [3.63, 3.8) is 0 Å². The number of hydrogen-bond acceptors (Lipinski definition) is 2. The quantitative estimate of drug-likeness (QED) is 0.897. The lowest BCUT2D eigenvalue weighted by Gasteiger charge is -2.10. The van der Waals surface area contributed by atoms with E-state index in [2.05, 4.69) is 21.2 Å². The van der Waals surface area contributed by atoms with E-state index in [0.29, 0.717) is 6.42 Å². The number of benzene rings is 2. The van der Waals surface area contributed by atoms with Crippen molar-refractivity contribution in [2.75, 3.05) is 12.4 Å². The number of ether oxygens (including phenoxy) is 1. The Morgan fingerprint density at radius 1 is 1.14 bits per heavy atom. The van der Waals surface area contributed by atoms with Crippen molar-refractivity contribution < 1.29 is 9.53 Å². The Morgan fingerprint density at radius 2 is 1.76 bits per heavy atom. The van der Waals surface area contributed by atoms with Crippen LogP contribution >= 0.6 is 15.9 Å². The highest BCUT2D eigenvalue weighted by molar-refractivity contribution is 9.10. The van der Waals surface area contributed by atoms with Gasteiger partial charge < -0.3 is 10.1 Å². The molecule has 0 aromatic heterocycles. The van der Waals surface area contributed by atoms with Gasteiger partial charge in [0, 0.05) is 4.47 Å². The lowest BCUT2D eigenvalue weighted by Crippen LogP contribution is -2.15. The summed E-state index contributed by atoms with van der Waals surface area (Å²) in [5, 5.41) is 2.94. The summed E-state index contributed by atoms with van der Waals surface area (Å²) in [6.07, 6.45) is 0.337. The van der Waals surface area contributed by atoms with Crippen LogP contribution in [0.4, 0.5) is 5.69 Å². The SMILES string of the molecule is COc1ccc(CC(=O)Nc2cc(C)c(C)cc2Br)cc1. The summed E-state index contributed by atoms with van der Waals surface area (Å²) in [5.74, 6) is 0.750. The Balaban J connectivity index is 2.06. The molecular formula is C17H18BrNO2. The Labute approximate surface area is 133 Å². The van der Waals surface area contributed by atoms with Crippen LogP contribution in [0.3, 0.4) is 0 Å². The van der Waals surface area contributed by atoms with E-state index in [9.17, 15) is 4.79 Å². The van der Waals surface area contributed by atoms with Gasteiger partial charge in [-0.25, -0.2) is 0 Å². The van der Waals surface area contributed by atoms with E-state index in [1.165, 1.54) is 5.56 Å². The van der Waals surface area contributed by atoms with E-state index in [0.717, 1.165) is 27.0 Å². The molecule has 0 unspecified atom stereocenters. The predicted molar refractivity (Wildman–Crippen MR) is 88.9 cm³/mol. The first-order valence-corrected chi connectivity index (χ1v) is 7.48. The number of aryl methyl sites for hydroxylation is 2. The molecule has 0 saturated carbocycles. The Kier molecular flexibility index (Phi) is 5.02. The largest absolute Gasteiger partial charge is 0.497 e. The number of methoxy groups -OCH3 is 1. The molecule has 0 aliphatic carbocycles. The van der Waals surface area contributed by atoms with Crippen molar-refractivity contribution in [1.29, 1.82) is 0 Å². The minimum absolute atomic E-state index is 0.0379. The Morgan fingerprint density at radius 3 is 2.38 bits per heavy atom. The van der Waals surface area contributed by atoms with Crippen LogP contribution in [0.15, 0.2) is 40.9 Å². The molecule has 1 amide bonds. The summed E-state index contributed by atoms with van der Waals surface area (Å²) in [4.78, 5) is 12.1. The molecule has 2 aromatic rings. The Bertz CT molecular complexity index is 651. The molecule has 0 heterocycles. The van der Waals surface area contributed by atoms with Crippen molar-refractivity contribution in [1.82, 2.24) is 0 Å². The highest BCUT2D eigenvalue weighted by atomic mass is 79.9. The fourth-order valence-electron chi connectivity index (χ4n) is 2.00. The highest BCUT2D eigenvalue weighted by Gasteiger charge is 2.08. The maximum Gasteiger partial charge on any atom is 0.228 e. The minimum atomic E-state index is -0.0379. The van der Waals surface area contributed by atoms with Gasteiger partial charge in [-0.2, -0.15) is 0 Å². The Hall–Kier alpha value is -1.81. The van der Waals surface area contributed by atoms with Crippen LogP contribution in [-0.2, 0) is 11.2 Å². The lowest BCUT2D eigenvalue weighted by atomic mass is 10.1. The molecule has 21 heavy (non-hydrogen) atoms. The van der Waals surface area contributed by atoms with Crippen LogP contribution in [-0.4, -0.2) is 13.0 Å². The fourth-order valence-corrected chi connectivity index (χ4v) is 2.56. The van der Waals surface area contributed by atoms with Crippen molar-refractivity contribution in [2.45, 2.75) is 20.3 Å². The second kappa shape index (κ2) is 6.76. The normalized spacial score (nSPS) is 10.3. The van der Waals surface area contributed by atoms with Crippen LogP contribution in [0, 0.1) is 13.8 Å². The first-order chi connectivity index (χ1) is 9.99. The molecule has 4 heteroatoms. The van der Waals surface area contributed by atoms with Gasteiger partial charge in [0.05, 0.1) is 19.2 Å². The molecule has 0 aliphatic heterocycles. The molecule has 0 radical (unpaired) electrons. The molecule has 0 fully saturated rings. The molecule has 2 rings (SSSR count). The van der Waals surface area contributed by atoms with Gasteiger partial charge in [-0.1, -0.05) is 12.1 Å². The first kappa shape index (κ1) is 15.6. The van der Waals surface area contributed by atoms with Crippen molar-refractivity contribution in [3.05, 3.63) is 57.6 Å². The monoisotopic (exact) mass is 347 g/mol. The third-order valence-corrected chi connectivity index (χ3v) is 4.04. The standard InChI is InChI=1S/C17H18BrNO2/c1-11-8-15(18)16(9-12(11)2)19-17(20)10-13-4-6-14(21-3)7-5-13/h4-9H,10H2,1-3H3,(H,19,20). The zero-order valence-corrected chi connectivity index (χ0v) is 14.0. The van der Waals surface area contributed by atoms with Crippen molar-refractivity contribution >= 4 is 27.5 Å². The molecule has 0 bridgehead atoms. The van der Waals surface area contributed by atoms with E-state index in [-0.39, 0.29) is 5.91 Å². The zero-order valence-electron chi connectivity index (χ0n) is 12.4. The van der Waals surface area contributed by atoms with E-state index in [1.807, 2.05) is 50.2 Å². The van der Waals surface area contributed by atoms with Crippen LogP contribution in [0.1, 0.15) is 16.7 Å². The lowest BCUT2D eigenvalue weighted by molar-refractivity contribution is -0.115.